The van der Waals surface area contributed by atoms with E-state index < -0.39 is 26.3 Å². The number of nitrogens with zero attached hydrogens (tertiary/aromatic N) is 1. The fraction of sp³-hybridized carbons (Fsp3) is 0.767. The standard InChI is InChI=1S/C30H52ClFNO6P/c1-3-4-5-6-7-8-9-10-11-12-13-14-15-16-17-18-21-38-24-28(25-39-40(35,36)37)33(26(2)34)23-27-19-20-30(32)29(31)22-27/h19-20,22,28H,3-18,21,23-25H2,1-2H3,(H2,35,36,37)/t28-/m1/s1. The molecule has 7 nitrogen and oxygen atoms in total. The van der Waals surface area contributed by atoms with Crippen LogP contribution in [0.2, 0.25) is 5.02 Å². The maximum absolute atomic E-state index is 13.5. The Morgan fingerprint density at radius 2 is 1.40 bits per heavy atom. The molecule has 1 rings (SSSR count). The predicted molar refractivity (Wildman–Crippen MR) is 160 cm³/mol. The van der Waals surface area contributed by atoms with Gasteiger partial charge < -0.3 is 19.4 Å². The number of ether oxygens (including phenoxy) is 1. The second-order valence-electron chi connectivity index (χ2n) is 10.7. The Morgan fingerprint density at radius 3 is 1.85 bits per heavy atom. The van der Waals surface area contributed by atoms with Crippen molar-refractivity contribution in [2.75, 3.05) is 19.8 Å². The van der Waals surface area contributed by atoms with Crippen LogP contribution in [0.15, 0.2) is 18.2 Å². The van der Waals surface area contributed by atoms with Crippen LogP contribution in [0.4, 0.5) is 4.39 Å². The lowest BCUT2D eigenvalue weighted by Crippen LogP contribution is -2.44. The number of hydrogen-bond acceptors (Lipinski definition) is 4. The van der Waals surface area contributed by atoms with Gasteiger partial charge in [-0.1, -0.05) is 121 Å². The number of halogens is 2. The largest absolute Gasteiger partial charge is 0.469 e. The smallest absolute Gasteiger partial charge is 0.379 e. The van der Waals surface area contributed by atoms with Crippen LogP contribution in [0.25, 0.3) is 0 Å². The fourth-order valence-electron chi connectivity index (χ4n) is 4.72. The number of amides is 1. The van der Waals surface area contributed by atoms with Gasteiger partial charge in [-0.2, -0.15) is 0 Å². The topological polar surface area (TPSA) is 96.3 Å². The number of carbonyl (C=O) groups is 1. The molecule has 0 aliphatic rings. The molecule has 2 N–H and O–H groups in total. The number of phosphoric ester groups is 1. The van der Waals surface area contributed by atoms with Gasteiger partial charge in [-0.25, -0.2) is 8.96 Å². The molecule has 1 atom stereocenters. The molecule has 0 unspecified atom stereocenters. The van der Waals surface area contributed by atoms with Crippen LogP contribution in [0.5, 0.6) is 0 Å². The van der Waals surface area contributed by atoms with Crippen molar-refractivity contribution in [1.29, 1.82) is 0 Å². The molecule has 0 radical (unpaired) electrons. The van der Waals surface area contributed by atoms with E-state index in [1.807, 2.05) is 0 Å². The number of hydrogen-bond donors (Lipinski definition) is 2. The summed E-state index contributed by atoms with van der Waals surface area (Å²) in [7, 11) is -4.73. The lowest BCUT2D eigenvalue weighted by molar-refractivity contribution is -0.134. The maximum atomic E-state index is 13.5. The molecule has 0 spiro atoms. The molecule has 0 aromatic heterocycles. The second kappa shape index (κ2) is 22.6. The summed E-state index contributed by atoms with van der Waals surface area (Å²) in [4.78, 5) is 32.1. The Balaban J connectivity index is 2.25. The minimum atomic E-state index is -4.73. The van der Waals surface area contributed by atoms with E-state index >= 15 is 0 Å². The first-order valence-electron chi connectivity index (χ1n) is 15.1. The van der Waals surface area contributed by atoms with Crippen molar-refractivity contribution in [3.8, 4) is 0 Å². The van der Waals surface area contributed by atoms with Crippen LogP contribution < -0.4 is 0 Å². The van der Waals surface area contributed by atoms with Gasteiger partial charge in [0, 0.05) is 20.1 Å². The average Bonchev–Trinajstić information content (AvgIpc) is 2.90. The lowest BCUT2D eigenvalue weighted by atomic mass is 10.0. The van der Waals surface area contributed by atoms with Gasteiger partial charge in [0.05, 0.1) is 24.3 Å². The third kappa shape index (κ3) is 19.2. The van der Waals surface area contributed by atoms with E-state index in [0.717, 1.165) is 19.3 Å². The molecule has 40 heavy (non-hydrogen) atoms. The average molecular weight is 608 g/mol. The molecule has 0 aliphatic heterocycles. The van der Waals surface area contributed by atoms with E-state index in [4.69, 9.17) is 30.6 Å². The van der Waals surface area contributed by atoms with Crippen LogP contribution >= 0.6 is 19.4 Å². The van der Waals surface area contributed by atoms with Crippen molar-refractivity contribution in [3.63, 3.8) is 0 Å². The van der Waals surface area contributed by atoms with Gasteiger partial charge in [-0.3, -0.25) is 9.32 Å². The molecule has 0 aliphatic carbocycles. The van der Waals surface area contributed by atoms with Gasteiger partial charge >= 0.3 is 7.82 Å². The zero-order chi connectivity index (χ0) is 29.6. The number of phosphoric acid groups is 1. The number of unbranched alkanes of at least 4 members (excludes halogenated alkanes) is 15. The molecule has 1 amide bonds. The first-order valence-corrected chi connectivity index (χ1v) is 17.0. The monoisotopic (exact) mass is 607 g/mol. The van der Waals surface area contributed by atoms with E-state index in [2.05, 4.69) is 6.92 Å². The molecular formula is C30H52ClFNO6P. The van der Waals surface area contributed by atoms with Crippen molar-refractivity contribution in [1.82, 2.24) is 4.90 Å². The molecule has 0 saturated heterocycles. The summed E-state index contributed by atoms with van der Waals surface area (Å²) in [5, 5.41) is -0.0660. The summed E-state index contributed by atoms with van der Waals surface area (Å²) in [6.07, 6.45) is 20.5. The highest BCUT2D eigenvalue weighted by molar-refractivity contribution is 7.46. The van der Waals surface area contributed by atoms with E-state index in [1.165, 1.54) is 113 Å². The Morgan fingerprint density at radius 1 is 0.900 bits per heavy atom. The highest BCUT2D eigenvalue weighted by Gasteiger charge is 2.26. The molecule has 0 bridgehead atoms. The van der Waals surface area contributed by atoms with E-state index in [-0.39, 0.29) is 24.1 Å². The Labute approximate surface area is 246 Å². The first kappa shape index (κ1) is 37.0. The minimum absolute atomic E-state index is 0.0627. The normalized spacial score (nSPS) is 12.6. The second-order valence-corrected chi connectivity index (χ2v) is 12.4. The summed E-state index contributed by atoms with van der Waals surface area (Å²) in [6.45, 7) is 3.84. The van der Waals surface area contributed by atoms with Gasteiger partial charge in [-0.15, -0.1) is 0 Å². The molecule has 0 heterocycles. The van der Waals surface area contributed by atoms with Crippen LogP contribution in [0.1, 0.15) is 122 Å². The van der Waals surface area contributed by atoms with Crippen molar-refractivity contribution in [2.45, 2.75) is 129 Å². The van der Waals surface area contributed by atoms with Crippen molar-refractivity contribution in [2.24, 2.45) is 0 Å². The van der Waals surface area contributed by atoms with E-state index in [0.29, 0.717) is 12.2 Å². The molecule has 0 saturated carbocycles. The van der Waals surface area contributed by atoms with Crippen LogP contribution in [0.3, 0.4) is 0 Å². The zero-order valence-corrected chi connectivity index (χ0v) is 26.3. The summed E-state index contributed by atoms with van der Waals surface area (Å²) in [5.41, 5.74) is 0.584. The Kier molecular flexibility index (Phi) is 20.9. The number of carbonyl (C=O) groups excluding carboxylic acids is 1. The summed E-state index contributed by atoms with van der Waals surface area (Å²) in [5.74, 6) is -0.894. The van der Waals surface area contributed by atoms with Gasteiger partial charge in [0.2, 0.25) is 5.91 Å². The fourth-order valence-corrected chi connectivity index (χ4v) is 5.28. The van der Waals surface area contributed by atoms with Crippen LogP contribution in [0, 0.1) is 5.82 Å². The molecule has 10 heteroatoms. The molecule has 232 valence electrons. The van der Waals surface area contributed by atoms with Gasteiger partial charge in [0.25, 0.3) is 0 Å². The number of rotatable bonds is 25. The van der Waals surface area contributed by atoms with Gasteiger partial charge in [0.15, 0.2) is 0 Å². The maximum Gasteiger partial charge on any atom is 0.469 e. The van der Waals surface area contributed by atoms with Crippen molar-refractivity contribution in [3.05, 3.63) is 34.6 Å². The summed E-state index contributed by atoms with van der Waals surface area (Å²) < 4.78 is 35.3. The first-order chi connectivity index (χ1) is 19.1. The van der Waals surface area contributed by atoms with Gasteiger partial charge in [0.1, 0.15) is 5.82 Å². The molecule has 1 aromatic rings. The van der Waals surface area contributed by atoms with E-state index in [1.54, 1.807) is 0 Å². The molecule has 0 fully saturated rings. The molecule has 1 aromatic carbocycles. The van der Waals surface area contributed by atoms with Crippen LogP contribution in [-0.2, 0) is 25.2 Å². The third-order valence-corrected chi connectivity index (χ3v) is 7.84. The van der Waals surface area contributed by atoms with Crippen LogP contribution in [-0.4, -0.2) is 46.5 Å². The summed E-state index contributed by atoms with van der Waals surface area (Å²) in [6, 6.07) is 3.42. The highest BCUT2D eigenvalue weighted by atomic mass is 35.5. The SMILES string of the molecule is CCCCCCCCCCCCCCCCCCOC[C@H](COP(=O)(O)O)N(Cc1ccc(F)c(Cl)c1)C(C)=O. The quantitative estimate of drug-likeness (QED) is 0.0853. The minimum Gasteiger partial charge on any atom is -0.379 e. The molecular weight excluding hydrogens is 556 g/mol. The third-order valence-electron chi connectivity index (χ3n) is 7.07. The van der Waals surface area contributed by atoms with E-state index in [9.17, 15) is 13.8 Å². The lowest BCUT2D eigenvalue weighted by Gasteiger charge is -2.31. The van der Waals surface area contributed by atoms with Crippen molar-refractivity contribution < 1.29 is 32.8 Å². The van der Waals surface area contributed by atoms with Gasteiger partial charge in [-0.05, 0) is 24.1 Å². The Hall–Kier alpha value is -1.02. The highest BCUT2D eigenvalue weighted by Crippen LogP contribution is 2.36. The summed E-state index contributed by atoms with van der Waals surface area (Å²) >= 11 is 5.87. The van der Waals surface area contributed by atoms with Crippen molar-refractivity contribution >= 4 is 25.3 Å². The Bertz CT molecular complexity index is 855. The predicted octanol–water partition coefficient (Wildman–Crippen LogP) is 8.58. The zero-order valence-electron chi connectivity index (χ0n) is 24.6. The number of benzene rings is 1.